The first kappa shape index (κ1) is 15.6. The highest BCUT2D eigenvalue weighted by atomic mass is 35.5. The minimum atomic E-state index is -0.530. The molecule has 0 unspecified atom stereocenters. The van der Waals surface area contributed by atoms with Gasteiger partial charge in [-0.15, -0.1) is 0 Å². The molecule has 0 fully saturated rings. The number of carbonyl (C=O) groups excluding carboxylic acids is 1. The molecule has 0 amide bonds. The summed E-state index contributed by atoms with van der Waals surface area (Å²) in [6.07, 6.45) is 0. The van der Waals surface area contributed by atoms with Crippen molar-refractivity contribution in [2.24, 2.45) is 0 Å². The van der Waals surface area contributed by atoms with Crippen LogP contribution >= 0.6 is 11.6 Å². The lowest BCUT2D eigenvalue weighted by atomic mass is 9.91. The standard InChI is InChI=1S/C16H18ClNO3/c1-9-6-10(8-11(17)7-9)14-18-13(16(2,3)4)12(21-14)15(19)20-5/h6-8H,1-5H3. The number of methoxy groups -OCH3 is 1. The zero-order valence-electron chi connectivity index (χ0n) is 12.8. The van der Waals surface area contributed by atoms with Crippen LogP contribution in [0.2, 0.25) is 5.02 Å². The summed E-state index contributed by atoms with van der Waals surface area (Å²) in [5.41, 5.74) is 1.97. The predicted molar refractivity (Wildman–Crippen MR) is 81.7 cm³/mol. The third-order valence-corrected chi connectivity index (χ3v) is 3.22. The Kier molecular flexibility index (Phi) is 4.10. The Hall–Kier alpha value is -1.81. The highest BCUT2D eigenvalue weighted by Crippen LogP contribution is 2.32. The van der Waals surface area contributed by atoms with Gasteiger partial charge in [-0.05, 0) is 30.7 Å². The molecular weight excluding hydrogens is 290 g/mol. The molecular formula is C16H18ClNO3. The number of aromatic nitrogens is 1. The van der Waals surface area contributed by atoms with E-state index in [1.165, 1.54) is 7.11 Å². The average molecular weight is 308 g/mol. The van der Waals surface area contributed by atoms with E-state index in [1.54, 1.807) is 6.07 Å². The van der Waals surface area contributed by atoms with Crippen LogP contribution in [0.4, 0.5) is 0 Å². The Balaban J connectivity index is 2.61. The first-order chi connectivity index (χ1) is 9.72. The van der Waals surface area contributed by atoms with Crippen LogP contribution in [0.5, 0.6) is 0 Å². The number of carbonyl (C=O) groups is 1. The number of hydrogen-bond donors (Lipinski definition) is 0. The normalized spacial score (nSPS) is 11.5. The highest BCUT2D eigenvalue weighted by Gasteiger charge is 2.30. The first-order valence-electron chi connectivity index (χ1n) is 6.59. The number of esters is 1. The quantitative estimate of drug-likeness (QED) is 0.772. The van der Waals surface area contributed by atoms with Crippen LogP contribution in [0.1, 0.15) is 42.6 Å². The van der Waals surface area contributed by atoms with Crippen molar-refractivity contribution in [2.45, 2.75) is 33.1 Å². The predicted octanol–water partition coefficient (Wildman–Crippen LogP) is 4.39. The molecule has 0 aliphatic heterocycles. The molecule has 21 heavy (non-hydrogen) atoms. The van der Waals surface area contributed by atoms with Crippen LogP contribution in [-0.4, -0.2) is 18.1 Å². The summed E-state index contributed by atoms with van der Waals surface area (Å²) < 4.78 is 10.4. The minimum absolute atomic E-state index is 0.137. The molecule has 112 valence electrons. The van der Waals surface area contributed by atoms with Gasteiger partial charge in [-0.1, -0.05) is 32.4 Å². The molecule has 0 atom stereocenters. The molecule has 0 spiro atoms. The molecule has 4 nitrogen and oxygen atoms in total. The third-order valence-electron chi connectivity index (χ3n) is 3.00. The maximum absolute atomic E-state index is 11.9. The van der Waals surface area contributed by atoms with Crippen LogP contribution < -0.4 is 0 Å². The van der Waals surface area contributed by atoms with E-state index >= 15 is 0 Å². The van der Waals surface area contributed by atoms with Crippen molar-refractivity contribution < 1.29 is 13.9 Å². The van der Waals surface area contributed by atoms with Gasteiger partial charge in [-0.2, -0.15) is 0 Å². The minimum Gasteiger partial charge on any atom is -0.463 e. The zero-order chi connectivity index (χ0) is 15.8. The maximum atomic E-state index is 11.9. The van der Waals surface area contributed by atoms with E-state index in [0.29, 0.717) is 16.6 Å². The lowest BCUT2D eigenvalue weighted by Gasteiger charge is -2.15. The van der Waals surface area contributed by atoms with Gasteiger partial charge in [0, 0.05) is 16.0 Å². The van der Waals surface area contributed by atoms with Gasteiger partial charge in [0.1, 0.15) is 5.69 Å². The number of halogens is 1. The van der Waals surface area contributed by atoms with Crippen LogP contribution in [0.25, 0.3) is 11.5 Å². The van der Waals surface area contributed by atoms with E-state index in [1.807, 2.05) is 39.8 Å². The van der Waals surface area contributed by atoms with E-state index in [2.05, 4.69) is 4.98 Å². The van der Waals surface area contributed by atoms with E-state index < -0.39 is 5.97 Å². The topological polar surface area (TPSA) is 52.3 Å². The second-order valence-electron chi connectivity index (χ2n) is 5.96. The van der Waals surface area contributed by atoms with Crippen LogP contribution in [0.15, 0.2) is 22.6 Å². The Labute approximate surface area is 129 Å². The summed E-state index contributed by atoms with van der Waals surface area (Å²) in [4.78, 5) is 16.4. The number of ether oxygens (including phenoxy) is 1. The molecule has 1 aromatic heterocycles. The molecule has 5 heteroatoms. The summed E-state index contributed by atoms with van der Waals surface area (Å²) in [7, 11) is 1.32. The van der Waals surface area contributed by atoms with E-state index in [0.717, 1.165) is 11.1 Å². The van der Waals surface area contributed by atoms with E-state index in [4.69, 9.17) is 20.8 Å². The first-order valence-corrected chi connectivity index (χ1v) is 6.97. The number of aryl methyl sites for hydroxylation is 1. The molecule has 2 rings (SSSR count). The highest BCUT2D eigenvalue weighted by molar-refractivity contribution is 6.30. The van der Waals surface area contributed by atoms with Gasteiger partial charge in [0.05, 0.1) is 7.11 Å². The number of nitrogens with zero attached hydrogens (tertiary/aromatic N) is 1. The van der Waals surface area contributed by atoms with Gasteiger partial charge in [0.15, 0.2) is 0 Å². The Bertz CT molecular complexity index is 663. The van der Waals surface area contributed by atoms with Crippen molar-refractivity contribution in [3.05, 3.63) is 40.2 Å². The molecule has 0 bridgehead atoms. The summed E-state index contributed by atoms with van der Waals surface area (Å²) in [5.74, 6) is -0.0269. The van der Waals surface area contributed by atoms with Crippen LogP contribution in [0, 0.1) is 6.92 Å². The van der Waals surface area contributed by atoms with E-state index in [-0.39, 0.29) is 11.2 Å². The number of benzene rings is 1. The zero-order valence-corrected chi connectivity index (χ0v) is 13.5. The molecule has 0 saturated carbocycles. The van der Waals surface area contributed by atoms with Crippen molar-refractivity contribution >= 4 is 17.6 Å². The van der Waals surface area contributed by atoms with Gasteiger partial charge in [-0.25, -0.2) is 9.78 Å². The fourth-order valence-electron chi connectivity index (χ4n) is 2.04. The molecule has 0 saturated heterocycles. The molecule has 2 aromatic rings. The van der Waals surface area contributed by atoms with Gasteiger partial charge >= 0.3 is 5.97 Å². The molecule has 0 N–H and O–H groups in total. The van der Waals surface area contributed by atoms with Crippen LogP contribution in [-0.2, 0) is 10.2 Å². The lowest BCUT2D eigenvalue weighted by Crippen LogP contribution is -2.17. The van der Waals surface area contributed by atoms with Gasteiger partial charge in [-0.3, -0.25) is 0 Å². The molecule has 0 radical (unpaired) electrons. The molecule has 1 heterocycles. The van der Waals surface area contributed by atoms with Crippen molar-refractivity contribution in [3.63, 3.8) is 0 Å². The monoisotopic (exact) mass is 307 g/mol. The number of oxazole rings is 1. The second-order valence-corrected chi connectivity index (χ2v) is 6.39. The van der Waals surface area contributed by atoms with Gasteiger partial charge < -0.3 is 9.15 Å². The summed E-state index contributed by atoms with van der Waals surface area (Å²) in [5, 5.41) is 0.597. The molecule has 0 aliphatic carbocycles. The van der Waals surface area contributed by atoms with Gasteiger partial charge in [0.25, 0.3) is 0 Å². The van der Waals surface area contributed by atoms with Crippen LogP contribution in [0.3, 0.4) is 0 Å². The summed E-state index contributed by atoms with van der Waals surface area (Å²) in [6.45, 7) is 7.82. The maximum Gasteiger partial charge on any atom is 0.376 e. The Morgan fingerprint density at radius 3 is 2.48 bits per heavy atom. The summed E-state index contributed by atoms with van der Waals surface area (Å²) >= 11 is 6.07. The van der Waals surface area contributed by atoms with Crippen molar-refractivity contribution in [3.8, 4) is 11.5 Å². The SMILES string of the molecule is COC(=O)c1oc(-c2cc(C)cc(Cl)c2)nc1C(C)(C)C. The Morgan fingerprint density at radius 1 is 1.29 bits per heavy atom. The third kappa shape index (κ3) is 3.27. The fraction of sp³-hybridized carbons (Fsp3) is 0.375. The fourth-order valence-corrected chi connectivity index (χ4v) is 2.33. The molecule has 0 aliphatic rings. The largest absolute Gasteiger partial charge is 0.463 e. The number of hydrogen-bond acceptors (Lipinski definition) is 4. The van der Waals surface area contributed by atoms with Gasteiger partial charge in [0.2, 0.25) is 11.7 Å². The average Bonchev–Trinajstić information content (AvgIpc) is 2.81. The molecule has 1 aromatic carbocycles. The summed E-state index contributed by atoms with van der Waals surface area (Å²) in [6, 6.07) is 5.51. The lowest BCUT2D eigenvalue weighted by molar-refractivity contribution is 0.0562. The Morgan fingerprint density at radius 2 is 1.95 bits per heavy atom. The van der Waals surface area contributed by atoms with Crippen molar-refractivity contribution in [1.29, 1.82) is 0 Å². The number of rotatable bonds is 2. The van der Waals surface area contributed by atoms with Crippen molar-refractivity contribution in [1.82, 2.24) is 4.98 Å². The van der Waals surface area contributed by atoms with E-state index in [9.17, 15) is 4.79 Å². The second kappa shape index (κ2) is 5.53. The smallest absolute Gasteiger partial charge is 0.376 e. The van der Waals surface area contributed by atoms with Crippen molar-refractivity contribution in [2.75, 3.05) is 7.11 Å².